The number of piperidine rings is 1. The van der Waals surface area contributed by atoms with Gasteiger partial charge in [0.25, 0.3) is 0 Å². The lowest BCUT2D eigenvalue weighted by atomic mass is 10.1. The Balaban J connectivity index is 2.02. The normalized spacial score (nSPS) is 17.9. The Morgan fingerprint density at radius 2 is 2.06 bits per heavy atom. The summed E-state index contributed by atoms with van der Waals surface area (Å²) in [6.07, 6.45) is 1.23. The van der Waals surface area contributed by atoms with E-state index in [2.05, 4.69) is 4.90 Å². The second-order valence-electron chi connectivity index (χ2n) is 4.63. The second kappa shape index (κ2) is 5.46. The summed E-state index contributed by atoms with van der Waals surface area (Å²) in [5.74, 6) is -1.95. The number of likely N-dealkylation sites (tertiary alicyclic amines) is 1. The molecular formula is C13H16FNO3. The summed E-state index contributed by atoms with van der Waals surface area (Å²) in [6, 6.07) is 4.21. The molecule has 98 valence electrons. The van der Waals surface area contributed by atoms with E-state index in [9.17, 15) is 14.3 Å². The van der Waals surface area contributed by atoms with Crippen LogP contribution in [0.4, 0.5) is 4.39 Å². The molecule has 0 bridgehead atoms. The quantitative estimate of drug-likeness (QED) is 0.856. The monoisotopic (exact) mass is 253 g/mol. The minimum Gasteiger partial charge on any atom is -0.478 e. The van der Waals surface area contributed by atoms with Crippen molar-refractivity contribution in [2.45, 2.75) is 25.5 Å². The summed E-state index contributed by atoms with van der Waals surface area (Å²) in [4.78, 5) is 12.8. The SMILES string of the molecule is O=C(O)c1ccc(CN2CCC(O)CC2)cc1F. The van der Waals surface area contributed by atoms with Crippen LogP contribution >= 0.6 is 0 Å². The molecule has 0 unspecified atom stereocenters. The van der Waals surface area contributed by atoms with Gasteiger partial charge in [0.15, 0.2) is 0 Å². The Morgan fingerprint density at radius 1 is 1.39 bits per heavy atom. The number of halogens is 1. The number of carbonyl (C=O) groups is 1. The minimum absolute atomic E-state index is 0.229. The van der Waals surface area contributed by atoms with Crippen molar-refractivity contribution in [3.8, 4) is 0 Å². The van der Waals surface area contributed by atoms with Crippen molar-refractivity contribution in [2.75, 3.05) is 13.1 Å². The Bertz CT molecular complexity index is 442. The molecule has 18 heavy (non-hydrogen) atoms. The van der Waals surface area contributed by atoms with Gasteiger partial charge in [0.2, 0.25) is 0 Å². The third-order valence-electron chi connectivity index (χ3n) is 3.23. The van der Waals surface area contributed by atoms with Crippen molar-refractivity contribution >= 4 is 5.97 Å². The molecule has 0 aliphatic carbocycles. The smallest absolute Gasteiger partial charge is 0.338 e. The van der Waals surface area contributed by atoms with Crippen LogP contribution in [0.25, 0.3) is 0 Å². The summed E-state index contributed by atoms with van der Waals surface area (Å²) in [5.41, 5.74) is 0.460. The number of benzene rings is 1. The molecule has 1 heterocycles. The van der Waals surface area contributed by atoms with E-state index in [-0.39, 0.29) is 11.7 Å². The molecule has 1 aliphatic rings. The third kappa shape index (κ3) is 3.05. The molecule has 0 spiro atoms. The highest BCUT2D eigenvalue weighted by Crippen LogP contribution is 2.16. The van der Waals surface area contributed by atoms with Gasteiger partial charge in [0.1, 0.15) is 5.82 Å². The molecule has 0 aromatic heterocycles. The highest BCUT2D eigenvalue weighted by molar-refractivity contribution is 5.87. The van der Waals surface area contributed by atoms with Gasteiger partial charge in [0.05, 0.1) is 11.7 Å². The van der Waals surface area contributed by atoms with Crippen LogP contribution in [0.5, 0.6) is 0 Å². The highest BCUT2D eigenvalue weighted by Gasteiger charge is 2.17. The van der Waals surface area contributed by atoms with Crippen LogP contribution in [-0.2, 0) is 6.54 Å². The Kier molecular flexibility index (Phi) is 3.93. The van der Waals surface area contributed by atoms with Crippen LogP contribution in [0.15, 0.2) is 18.2 Å². The van der Waals surface area contributed by atoms with Gasteiger partial charge >= 0.3 is 5.97 Å². The zero-order valence-electron chi connectivity index (χ0n) is 9.97. The number of nitrogens with zero attached hydrogens (tertiary/aromatic N) is 1. The largest absolute Gasteiger partial charge is 0.478 e. The number of hydrogen-bond donors (Lipinski definition) is 2. The van der Waals surface area contributed by atoms with Crippen LogP contribution in [0, 0.1) is 5.82 Å². The molecule has 1 aliphatic heterocycles. The van der Waals surface area contributed by atoms with Crippen LogP contribution in [0.1, 0.15) is 28.8 Å². The molecule has 1 aromatic carbocycles. The maximum atomic E-state index is 13.5. The molecule has 1 fully saturated rings. The first-order valence-corrected chi connectivity index (χ1v) is 5.98. The fourth-order valence-corrected chi connectivity index (χ4v) is 2.17. The molecule has 2 N–H and O–H groups in total. The number of aliphatic hydroxyl groups excluding tert-OH is 1. The average molecular weight is 253 g/mol. The number of carboxylic acid groups (broad SMARTS) is 1. The topological polar surface area (TPSA) is 60.8 Å². The van der Waals surface area contributed by atoms with E-state index in [0.29, 0.717) is 6.54 Å². The Morgan fingerprint density at radius 3 is 2.61 bits per heavy atom. The zero-order valence-corrected chi connectivity index (χ0v) is 9.97. The zero-order chi connectivity index (χ0) is 13.1. The van der Waals surface area contributed by atoms with E-state index < -0.39 is 11.8 Å². The molecule has 1 saturated heterocycles. The highest BCUT2D eigenvalue weighted by atomic mass is 19.1. The van der Waals surface area contributed by atoms with Crippen LogP contribution in [0.3, 0.4) is 0 Å². The predicted molar refractivity (Wildman–Crippen MR) is 63.9 cm³/mol. The molecular weight excluding hydrogens is 237 g/mol. The molecule has 0 radical (unpaired) electrons. The number of hydrogen-bond acceptors (Lipinski definition) is 3. The maximum Gasteiger partial charge on any atom is 0.338 e. The fourth-order valence-electron chi connectivity index (χ4n) is 2.17. The Labute approximate surface area is 105 Å². The summed E-state index contributed by atoms with van der Waals surface area (Å²) in [7, 11) is 0. The lowest BCUT2D eigenvalue weighted by Crippen LogP contribution is -2.35. The number of carboxylic acids is 1. The number of aromatic carboxylic acids is 1. The lowest BCUT2D eigenvalue weighted by molar-refractivity contribution is 0.0691. The summed E-state index contributed by atoms with van der Waals surface area (Å²) in [5, 5.41) is 18.1. The molecule has 1 aromatic rings. The van der Waals surface area contributed by atoms with Gasteiger partial charge in [-0.2, -0.15) is 0 Å². The lowest BCUT2D eigenvalue weighted by Gasteiger charge is -2.29. The molecule has 2 rings (SSSR count). The van der Waals surface area contributed by atoms with Crippen molar-refractivity contribution in [1.29, 1.82) is 0 Å². The first-order chi connectivity index (χ1) is 8.56. The standard InChI is InChI=1S/C13H16FNO3/c14-12-7-9(1-2-11(12)13(17)18)8-15-5-3-10(16)4-6-15/h1-2,7,10,16H,3-6,8H2,(H,17,18). The van der Waals surface area contributed by atoms with Gasteiger partial charge in [-0.05, 0) is 30.5 Å². The van der Waals surface area contributed by atoms with Crippen molar-refractivity contribution in [3.05, 3.63) is 35.1 Å². The van der Waals surface area contributed by atoms with Crippen LogP contribution in [-0.4, -0.2) is 40.3 Å². The van der Waals surface area contributed by atoms with E-state index in [1.165, 1.54) is 12.1 Å². The van der Waals surface area contributed by atoms with Crippen molar-refractivity contribution in [1.82, 2.24) is 4.90 Å². The summed E-state index contributed by atoms with van der Waals surface area (Å²) < 4.78 is 13.5. The molecule has 0 amide bonds. The molecule has 5 heteroatoms. The van der Waals surface area contributed by atoms with Crippen molar-refractivity contribution < 1.29 is 19.4 Å². The Hall–Kier alpha value is -1.46. The molecule has 0 atom stereocenters. The van der Waals surface area contributed by atoms with Crippen LogP contribution in [0.2, 0.25) is 0 Å². The van der Waals surface area contributed by atoms with Crippen LogP contribution < -0.4 is 0 Å². The van der Waals surface area contributed by atoms with E-state index in [0.717, 1.165) is 31.5 Å². The van der Waals surface area contributed by atoms with E-state index in [1.54, 1.807) is 6.07 Å². The summed E-state index contributed by atoms with van der Waals surface area (Å²) in [6.45, 7) is 2.15. The fraction of sp³-hybridized carbons (Fsp3) is 0.462. The van der Waals surface area contributed by atoms with Crippen molar-refractivity contribution in [3.63, 3.8) is 0 Å². The predicted octanol–water partition coefficient (Wildman–Crippen LogP) is 1.48. The van der Waals surface area contributed by atoms with Gasteiger partial charge in [-0.3, -0.25) is 4.90 Å². The maximum absolute atomic E-state index is 13.5. The van der Waals surface area contributed by atoms with Gasteiger partial charge in [-0.1, -0.05) is 6.07 Å². The van der Waals surface area contributed by atoms with E-state index in [4.69, 9.17) is 5.11 Å². The number of rotatable bonds is 3. The minimum atomic E-state index is -1.25. The van der Waals surface area contributed by atoms with Gasteiger partial charge < -0.3 is 10.2 Å². The van der Waals surface area contributed by atoms with Gasteiger partial charge in [-0.25, -0.2) is 9.18 Å². The third-order valence-corrected chi connectivity index (χ3v) is 3.23. The van der Waals surface area contributed by atoms with Gasteiger partial charge in [0, 0.05) is 19.6 Å². The first kappa shape index (κ1) is 13.0. The van der Waals surface area contributed by atoms with Crippen molar-refractivity contribution in [2.24, 2.45) is 0 Å². The van der Waals surface area contributed by atoms with E-state index in [1.807, 2.05) is 0 Å². The van der Waals surface area contributed by atoms with E-state index >= 15 is 0 Å². The number of aliphatic hydroxyl groups is 1. The second-order valence-corrected chi connectivity index (χ2v) is 4.63. The average Bonchev–Trinajstić information content (AvgIpc) is 2.32. The first-order valence-electron chi connectivity index (χ1n) is 5.98. The van der Waals surface area contributed by atoms with Gasteiger partial charge in [-0.15, -0.1) is 0 Å². The molecule has 4 nitrogen and oxygen atoms in total. The molecule has 0 saturated carbocycles. The summed E-state index contributed by atoms with van der Waals surface area (Å²) >= 11 is 0.